The van der Waals surface area contributed by atoms with Crippen molar-refractivity contribution in [2.75, 3.05) is 13.1 Å². The molecule has 2 aliphatic carbocycles. The van der Waals surface area contributed by atoms with E-state index in [2.05, 4.69) is 0 Å². The van der Waals surface area contributed by atoms with Gasteiger partial charge in [-0.1, -0.05) is 19.3 Å². The van der Waals surface area contributed by atoms with E-state index in [1.54, 1.807) is 0 Å². The zero-order chi connectivity index (χ0) is 14.2. The Labute approximate surface area is 120 Å². The highest BCUT2D eigenvalue weighted by Gasteiger charge is 2.58. The van der Waals surface area contributed by atoms with Crippen molar-refractivity contribution < 1.29 is 14.7 Å². The fraction of sp³-hybridized carbons (Fsp3) is 0.875. The third kappa shape index (κ3) is 2.33. The molecule has 1 heterocycles. The first-order chi connectivity index (χ1) is 9.58. The minimum absolute atomic E-state index is 0.113. The van der Waals surface area contributed by atoms with Crippen LogP contribution in [-0.2, 0) is 9.59 Å². The quantitative estimate of drug-likeness (QED) is 0.791. The Kier molecular flexibility index (Phi) is 3.51. The minimum Gasteiger partial charge on any atom is -0.480 e. The molecule has 0 aromatic heterocycles. The summed E-state index contributed by atoms with van der Waals surface area (Å²) in [7, 11) is 0. The Balaban J connectivity index is 1.65. The number of nitrogens with zero attached hydrogens (tertiary/aromatic N) is 1. The lowest BCUT2D eigenvalue weighted by Crippen LogP contribution is -2.41. The molecule has 1 aliphatic heterocycles. The molecule has 1 spiro atoms. The van der Waals surface area contributed by atoms with E-state index in [0.29, 0.717) is 18.3 Å². The first-order valence-corrected chi connectivity index (χ1v) is 8.11. The van der Waals surface area contributed by atoms with Gasteiger partial charge in [-0.3, -0.25) is 9.59 Å². The summed E-state index contributed by atoms with van der Waals surface area (Å²) in [5.74, 6) is -1.03. The Morgan fingerprint density at radius 2 is 1.45 bits per heavy atom. The summed E-state index contributed by atoms with van der Waals surface area (Å²) in [5.41, 5.74) is -0.600. The van der Waals surface area contributed by atoms with Crippen LogP contribution in [-0.4, -0.2) is 35.0 Å². The number of carbonyl (C=O) groups excluding carboxylic acids is 1. The largest absolute Gasteiger partial charge is 0.480 e. The molecule has 0 aromatic rings. The molecular weight excluding hydrogens is 254 g/mol. The molecule has 0 atom stereocenters. The zero-order valence-electron chi connectivity index (χ0n) is 12.2. The lowest BCUT2D eigenvalue weighted by atomic mass is 9.69. The molecule has 0 radical (unpaired) electrons. The monoisotopic (exact) mass is 279 g/mol. The second kappa shape index (κ2) is 5.05. The SMILES string of the molecule is O=C(O)C1(C(=O)N2CCCC3(CCCCC3)CC2)CC1. The summed E-state index contributed by atoms with van der Waals surface area (Å²) in [6, 6.07) is 0. The van der Waals surface area contributed by atoms with Gasteiger partial charge in [-0.2, -0.15) is 0 Å². The normalized spacial score (nSPS) is 27.9. The van der Waals surface area contributed by atoms with Crippen LogP contribution >= 0.6 is 0 Å². The van der Waals surface area contributed by atoms with E-state index in [9.17, 15) is 14.7 Å². The highest BCUT2D eigenvalue weighted by Crippen LogP contribution is 2.49. The van der Waals surface area contributed by atoms with Crippen molar-refractivity contribution in [3.8, 4) is 0 Å². The topological polar surface area (TPSA) is 57.6 Å². The van der Waals surface area contributed by atoms with Crippen molar-refractivity contribution >= 4 is 11.9 Å². The number of rotatable bonds is 2. The summed E-state index contributed by atoms with van der Waals surface area (Å²) in [4.78, 5) is 25.6. The van der Waals surface area contributed by atoms with Gasteiger partial charge < -0.3 is 10.0 Å². The molecule has 3 fully saturated rings. The molecular formula is C16H25NO3. The van der Waals surface area contributed by atoms with Crippen LogP contribution in [0.1, 0.15) is 64.2 Å². The maximum Gasteiger partial charge on any atom is 0.319 e. The molecule has 1 N–H and O–H groups in total. The van der Waals surface area contributed by atoms with E-state index in [0.717, 1.165) is 25.9 Å². The predicted octanol–water partition coefficient (Wildman–Crippen LogP) is 2.81. The molecule has 20 heavy (non-hydrogen) atoms. The van der Waals surface area contributed by atoms with Crippen LogP contribution in [0.15, 0.2) is 0 Å². The molecule has 1 amide bonds. The van der Waals surface area contributed by atoms with Gasteiger partial charge in [0, 0.05) is 13.1 Å². The van der Waals surface area contributed by atoms with Gasteiger partial charge in [0.25, 0.3) is 0 Å². The Hall–Kier alpha value is -1.06. The molecule has 2 saturated carbocycles. The van der Waals surface area contributed by atoms with Crippen LogP contribution < -0.4 is 0 Å². The van der Waals surface area contributed by atoms with Gasteiger partial charge in [-0.15, -0.1) is 0 Å². The molecule has 4 nitrogen and oxygen atoms in total. The van der Waals surface area contributed by atoms with Crippen LogP contribution in [0.25, 0.3) is 0 Å². The molecule has 0 aromatic carbocycles. The number of aliphatic carboxylic acids is 1. The maximum atomic E-state index is 12.5. The second-order valence-electron chi connectivity index (χ2n) is 7.09. The number of likely N-dealkylation sites (tertiary alicyclic amines) is 1. The van der Waals surface area contributed by atoms with Crippen LogP contribution in [0.3, 0.4) is 0 Å². The average molecular weight is 279 g/mol. The van der Waals surface area contributed by atoms with E-state index in [-0.39, 0.29) is 5.91 Å². The van der Waals surface area contributed by atoms with Crippen LogP contribution in [0.2, 0.25) is 0 Å². The average Bonchev–Trinajstić information content (AvgIpc) is 3.25. The number of carbonyl (C=O) groups is 2. The molecule has 0 unspecified atom stereocenters. The maximum absolute atomic E-state index is 12.5. The standard InChI is InChI=1S/C16H25NO3/c18-13(16(8-9-16)14(19)20)17-11-4-7-15(10-12-17)5-2-1-3-6-15/h1-12H2,(H,19,20). The molecule has 112 valence electrons. The van der Waals surface area contributed by atoms with E-state index in [1.807, 2.05) is 4.90 Å². The smallest absolute Gasteiger partial charge is 0.319 e. The fourth-order valence-corrected chi connectivity index (χ4v) is 4.21. The number of hydrogen-bond donors (Lipinski definition) is 1. The number of hydrogen-bond acceptors (Lipinski definition) is 2. The fourth-order valence-electron chi connectivity index (χ4n) is 4.21. The molecule has 3 rings (SSSR count). The highest BCUT2D eigenvalue weighted by molar-refractivity contribution is 6.04. The molecule has 4 heteroatoms. The minimum atomic E-state index is -1.05. The Morgan fingerprint density at radius 3 is 2.05 bits per heavy atom. The van der Waals surface area contributed by atoms with E-state index in [4.69, 9.17) is 0 Å². The van der Waals surface area contributed by atoms with Gasteiger partial charge in [0.15, 0.2) is 0 Å². The third-order valence-corrected chi connectivity index (χ3v) is 5.82. The van der Waals surface area contributed by atoms with Gasteiger partial charge in [0.05, 0.1) is 0 Å². The van der Waals surface area contributed by atoms with Crippen LogP contribution in [0, 0.1) is 10.8 Å². The second-order valence-corrected chi connectivity index (χ2v) is 7.09. The van der Waals surface area contributed by atoms with Crippen molar-refractivity contribution in [2.45, 2.75) is 64.2 Å². The van der Waals surface area contributed by atoms with Gasteiger partial charge >= 0.3 is 5.97 Å². The van der Waals surface area contributed by atoms with Crippen molar-refractivity contribution in [1.29, 1.82) is 0 Å². The first kappa shape index (κ1) is 13.9. The van der Waals surface area contributed by atoms with Crippen LogP contribution in [0.5, 0.6) is 0 Å². The zero-order valence-corrected chi connectivity index (χ0v) is 12.2. The van der Waals surface area contributed by atoms with Crippen molar-refractivity contribution in [3.63, 3.8) is 0 Å². The van der Waals surface area contributed by atoms with Crippen molar-refractivity contribution in [3.05, 3.63) is 0 Å². The first-order valence-electron chi connectivity index (χ1n) is 8.11. The molecule has 0 bridgehead atoms. The Bertz CT molecular complexity index is 408. The highest BCUT2D eigenvalue weighted by atomic mass is 16.4. The van der Waals surface area contributed by atoms with Gasteiger partial charge in [0.2, 0.25) is 5.91 Å². The summed E-state index contributed by atoms with van der Waals surface area (Å²) in [6.07, 6.45) is 11.0. The number of amides is 1. The number of carboxylic acids is 1. The lowest BCUT2D eigenvalue weighted by Gasteiger charge is -2.36. The third-order valence-electron chi connectivity index (χ3n) is 5.82. The summed E-state index contributed by atoms with van der Waals surface area (Å²) >= 11 is 0. The summed E-state index contributed by atoms with van der Waals surface area (Å²) in [6.45, 7) is 1.53. The van der Waals surface area contributed by atoms with E-state index in [1.165, 1.54) is 38.5 Å². The predicted molar refractivity (Wildman–Crippen MR) is 75.3 cm³/mol. The summed E-state index contributed by atoms with van der Waals surface area (Å²) < 4.78 is 0. The number of carboxylic acid groups (broad SMARTS) is 1. The molecule has 3 aliphatic rings. The Morgan fingerprint density at radius 1 is 0.800 bits per heavy atom. The van der Waals surface area contributed by atoms with Crippen molar-refractivity contribution in [1.82, 2.24) is 4.90 Å². The van der Waals surface area contributed by atoms with Gasteiger partial charge in [-0.25, -0.2) is 0 Å². The van der Waals surface area contributed by atoms with E-state index >= 15 is 0 Å². The summed E-state index contributed by atoms with van der Waals surface area (Å²) in [5, 5.41) is 9.27. The van der Waals surface area contributed by atoms with Gasteiger partial charge in [0.1, 0.15) is 5.41 Å². The van der Waals surface area contributed by atoms with E-state index < -0.39 is 11.4 Å². The van der Waals surface area contributed by atoms with Crippen molar-refractivity contribution in [2.24, 2.45) is 10.8 Å². The van der Waals surface area contributed by atoms with Crippen LogP contribution in [0.4, 0.5) is 0 Å². The lowest BCUT2D eigenvalue weighted by molar-refractivity contribution is -0.153. The molecule has 1 saturated heterocycles. The van der Waals surface area contributed by atoms with Gasteiger partial charge in [-0.05, 0) is 50.4 Å².